The van der Waals surface area contributed by atoms with E-state index in [9.17, 15) is 4.79 Å². The van der Waals surface area contributed by atoms with Gasteiger partial charge in [-0.3, -0.25) is 4.79 Å². The van der Waals surface area contributed by atoms with Gasteiger partial charge in [0.25, 0.3) is 0 Å². The summed E-state index contributed by atoms with van der Waals surface area (Å²) in [6.45, 7) is 4.16. The lowest BCUT2D eigenvalue weighted by Crippen LogP contribution is -2.14. The van der Waals surface area contributed by atoms with E-state index in [0.717, 1.165) is 12.1 Å². The zero-order valence-corrected chi connectivity index (χ0v) is 10.2. The van der Waals surface area contributed by atoms with Crippen LogP contribution < -0.4 is 5.32 Å². The molecule has 1 amide bonds. The molecular weight excluding hydrogens is 214 g/mol. The van der Waals surface area contributed by atoms with E-state index < -0.39 is 0 Å². The topological polar surface area (TPSA) is 46.4 Å². The summed E-state index contributed by atoms with van der Waals surface area (Å²) in [6, 6.07) is 5.76. The monoisotopic (exact) mass is 231 g/mol. The second-order valence-corrected chi connectivity index (χ2v) is 4.36. The van der Waals surface area contributed by atoms with Crippen molar-refractivity contribution in [2.24, 2.45) is 5.92 Å². The molecule has 2 aromatic rings. The molecule has 17 heavy (non-hydrogen) atoms. The quantitative estimate of drug-likeness (QED) is 0.879. The van der Waals surface area contributed by atoms with Crippen LogP contribution in [0.4, 0.5) is 5.82 Å². The highest BCUT2D eigenvalue weighted by atomic mass is 16.1. The first-order valence-electron chi connectivity index (χ1n) is 5.92. The maximum absolute atomic E-state index is 11.7. The summed E-state index contributed by atoms with van der Waals surface area (Å²) in [4.78, 5) is 16.0. The predicted octanol–water partition coefficient (Wildman–Crippen LogP) is 2.71. The van der Waals surface area contributed by atoms with Crippen LogP contribution in [0, 0.1) is 5.92 Å². The summed E-state index contributed by atoms with van der Waals surface area (Å²) in [7, 11) is 0. The molecule has 0 aromatic carbocycles. The lowest BCUT2D eigenvalue weighted by Gasteiger charge is -2.06. The smallest absolute Gasteiger partial charge is 0.225 e. The third-order valence-corrected chi connectivity index (χ3v) is 2.86. The zero-order chi connectivity index (χ0) is 12.3. The summed E-state index contributed by atoms with van der Waals surface area (Å²) < 4.78 is 1.89. The molecule has 1 unspecified atom stereocenters. The molecule has 4 nitrogen and oxygen atoms in total. The van der Waals surface area contributed by atoms with E-state index in [1.165, 1.54) is 0 Å². The van der Waals surface area contributed by atoms with Gasteiger partial charge < -0.3 is 9.72 Å². The van der Waals surface area contributed by atoms with Gasteiger partial charge in [0.15, 0.2) is 5.82 Å². The highest BCUT2D eigenvalue weighted by molar-refractivity contribution is 5.90. The second kappa shape index (κ2) is 4.99. The van der Waals surface area contributed by atoms with Crippen molar-refractivity contribution in [3.8, 4) is 0 Å². The number of anilines is 1. The Morgan fingerprint density at radius 1 is 1.53 bits per heavy atom. The average Bonchev–Trinajstić information content (AvgIpc) is 2.70. The van der Waals surface area contributed by atoms with Gasteiger partial charge in [0.1, 0.15) is 5.65 Å². The molecule has 0 saturated heterocycles. The van der Waals surface area contributed by atoms with Crippen molar-refractivity contribution in [3.05, 3.63) is 30.6 Å². The van der Waals surface area contributed by atoms with Crippen molar-refractivity contribution >= 4 is 17.4 Å². The van der Waals surface area contributed by atoms with Crippen LogP contribution in [0.3, 0.4) is 0 Å². The number of nitrogens with zero attached hydrogens (tertiary/aromatic N) is 2. The molecule has 0 radical (unpaired) electrons. The normalized spacial score (nSPS) is 12.6. The van der Waals surface area contributed by atoms with E-state index in [0.29, 0.717) is 18.2 Å². The standard InChI is InChI=1S/C13H17N3O/c1-3-10(2)8-13(17)15-11-9-16-7-5-4-6-12(16)14-11/h4-7,9-10H,3,8H2,1-2H3,(H,15,17). The van der Waals surface area contributed by atoms with Crippen LogP contribution in [0.1, 0.15) is 26.7 Å². The van der Waals surface area contributed by atoms with Gasteiger partial charge in [-0.05, 0) is 18.1 Å². The Morgan fingerprint density at radius 2 is 2.35 bits per heavy atom. The first-order valence-corrected chi connectivity index (χ1v) is 5.92. The van der Waals surface area contributed by atoms with Crippen LogP contribution >= 0.6 is 0 Å². The van der Waals surface area contributed by atoms with Gasteiger partial charge in [-0.25, -0.2) is 4.98 Å². The highest BCUT2D eigenvalue weighted by Crippen LogP contribution is 2.11. The number of rotatable bonds is 4. The molecule has 0 aliphatic rings. The number of hydrogen-bond acceptors (Lipinski definition) is 2. The van der Waals surface area contributed by atoms with Crippen LogP contribution in [-0.4, -0.2) is 15.3 Å². The summed E-state index contributed by atoms with van der Waals surface area (Å²) in [5.41, 5.74) is 0.839. The van der Waals surface area contributed by atoms with Gasteiger partial charge in [0.2, 0.25) is 5.91 Å². The highest BCUT2D eigenvalue weighted by Gasteiger charge is 2.09. The number of carbonyl (C=O) groups excluding carboxylic acids is 1. The van der Waals surface area contributed by atoms with Gasteiger partial charge in [-0.2, -0.15) is 0 Å². The maximum atomic E-state index is 11.7. The fraction of sp³-hybridized carbons (Fsp3) is 0.385. The third kappa shape index (κ3) is 2.84. The van der Waals surface area contributed by atoms with Crippen LogP contribution in [0.25, 0.3) is 5.65 Å². The third-order valence-electron chi connectivity index (χ3n) is 2.86. The summed E-state index contributed by atoms with van der Waals surface area (Å²) >= 11 is 0. The minimum atomic E-state index is 0.0303. The first-order chi connectivity index (χ1) is 8.19. The van der Waals surface area contributed by atoms with Crippen molar-refractivity contribution in [2.75, 3.05) is 5.32 Å². The summed E-state index contributed by atoms with van der Waals surface area (Å²) in [5.74, 6) is 1.05. The predicted molar refractivity (Wildman–Crippen MR) is 67.9 cm³/mol. The van der Waals surface area contributed by atoms with Crippen molar-refractivity contribution < 1.29 is 4.79 Å². The van der Waals surface area contributed by atoms with E-state index in [-0.39, 0.29) is 5.91 Å². The minimum absolute atomic E-state index is 0.0303. The number of fused-ring (bicyclic) bond motifs is 1. The molecule has 0 aliphatic heterocycles. The Balaban J connectivity index is 2.05. The minimum Gasteiger partial charge on any atom is -0.309 e. The van der Waals surface area contributed by atoms with Crippen molar-refractivity contribution in [2.45, 2.75) is 26.7 Å². The number of nitrogens with one attached hydrogen (secondary N) is 1. The largest absolute Gasteiger partial charge is 0.309 e. The average molecular weight is 231 g/mol. The van der Waals surface area contributed by atoms with E-state index in [1.54, 1.807) is 0 Å². The van der Waals surface area contributed by atoms with Crippen LogP contribution in [-0.2, 0) is 4.79 Å². The summed E-state index contributed by atoms with van der Waals surface area (Å²) in [5, 5.41) is 2.83. The molecule has 90 valence electrons. The van der Waals surface area contributed by atoms with Crippen LogP contribution in [0.15, 0.2) is 30.6 Å². The molecule has 1 N–H and O–H groups in total. The number of carbonyl (C=O) groups is 1. The van der Waals surface area contributed by atoms with Crippen molar-refractivity contribution in [3.63, 3.8) is 0 Å². The molecule has 0 aliphatic carbocycles. The van der Waals surface area contributed by atoms with E-state index >= 15 is 0 Å². The fourth-order valence-electron chi connectivity index (χ4n) is 1.65. The molecule has 0 saturated carbocycles. The Labute approximate surface area is 101 Å². The Morgan fingerprint density at radius 3 is 3.06 bits per heavy atom. The lowest BCUT2D eigenvalue weighted by atomic mass is 10.1. The van der Waals surface area contributed by atoms with Gasteiger partial charge in [-0.1, -0.05) is 26.3 Å². The van der Waals surface area contributed by atoms with E-state index in [4.69, 9.17) is 0 Å². The Kier molecular flexibility index (Phi) is 3.42. The summed E-state index contributed by atoms with van der Waals surface area (Å²) in [6.07, 6.45) is 5.29. The van der Waals surface area contributed by atoms with E-state index in [2.05, 4.69) is 24.1 Å². The van der Waals surface area contributed by atoms with Gasteiger partial charge in [0.05, 0.1) is 6.20 Å². The number of hydrogen-bond donors (Lipinski definition) is 1. The molecule has 2 heterocycles. The molecule has 0 fully saturated rings. The Bertz CT molecular complexity index is 485. The second-order valence-electron chi connectivity index (χ2n) is 4.36. The van der Waals surface area contributed by atoms with Crippen LogP contribution in [0.5, 0.6) is 0 Å². The molecule has 0 bridgehead atoms. The number of imidazole rings is 1. The number of amides is 1. The zero-order valence-electron chi connectivity index (χ0n) is 10.2. The SMILES string of the molecule is CCC(C)CC(=O)Nc1cn2ccccc2n1. The maximum Gasteiger partial charge on any atom is 0.225 e. The molecular formula is C13H17N3O. The van der Waals surface area contributed by atoms with Gasteiger partial charge in [0, 0.05) is 12.6 Å². The van der Waals surface area contributed by atoms with Crippen LogP contribution in [0.2, 0.25) is 0 Å². The molecule has 2 rings (SSSR count). The Hall–Kier alpha value is -1.84. The number of aromatic nitrogens is 2. The lowest BCUT2D eigenvalue weighted by molar-refractivity contribution is -0.117. The molecule has 4 heteroatoms. The molecule has 1 atom stereocenters. The molecule has 2 aromatic heterocycles. The first kappa shape index (κ1) is 11.6. The van der Waals surface area contributed by atoms with Crippen molar-refractivity contribution in [1.82, 2.24) is 9.38 Å². The fourth-order valence-corrected chi connectivity index (χ4v) is 1.65. The van der Waals surface area contributed by atoms with Gasteiger partial charge in [-0.15, -0.1) is 0 Å². The molecule has 0 spiro atoms. The van der Waals surface area contributed by atoms with Gasteiger partial charge >= 0.3 is 0 Å². The number of pyridine rings is 1. The van der Waals surface area contributed by atoms with Crippen molar-refractivity contribution in [1.29, 1.82) is 0 Å². The van der Waals surface area contributed by atoms with E-state index in [1.807, 2.05) is 35.0 Å².